The van der Waals surface area contributed by atoms with E-state index in [2.05, 4.69) is 25.9 Å². The first kappa shape index (κ1) is 21.6. The first-order chi connectivity index (χ1) is 13.5. The third-order valence-electron chi connectivity index (χ3n) is 3.61. The molecule has 8 heteroatoms. The van der Waals surface area contributed by atoms with Crippen LogP contribution in [0.3, 0.4) is 0 Å². The molecule has 6 nitrogen and oxygen atoms in total. The van der Waals surface area contributed by atoms with Crippen LogP contribution >= 0.6 is 15.9 Å². The van der Waals surface area contributed by atoms with Crippen molar-refractivity contribution in [2.75, 3.05) is 13.7 Å². The summed E-state index contributed by atoms with van der Waals surface area (Å²) in [5.74, 6) is -1.28. The van der Waals surface area contributed by atoms with E-state index in [9.17, 15) is 14.0 Å². The number of alkyl halides is 2. The molecule has 0 heterocycles. The van der Waals surface area contributed by atoms with Gasteiger partial charge >= 0.3 is 11.9 Å². The lowest BCUT2D eigenvalue weighted by molar-refractivity contribution is 0.00846. The van der Waals surface area contributed by atoms with Crippen molar-refractivity contribution in [1.82, 2.24) is 0 Å². The Labute approximate surface area is 170 Å². The summed E-state index contributed by atoms with van der Waals surface area (Å²) in [6.45, 7) is -0.221. The molecule has 0 N–H and O–H groups in total. The van der Waals surface area contributed by atoms with Gasteiger partial charge in [0, 0.05) is 0 Å². The summed E-state index contributed by atoms with van der Waals surface area (Å²) in [5.41, 5.74) is 0.627. The molecular weight excluding hydrogens is 433 g/mol. The van der Waals surface area contributed by atoms with Crippen molar-refractivity contribution in [3.8, 4) is 0 Å². The number of carbonyl (C=O) groups is 2. The average molecular weight is 452 g/mol. The van der Waals surface area contributed by atoms with Crippen LogP contribution in [0.5, 0.6) is 0 Å². The van der Waals surface area contributed by atoms with Gasteiger partial charge in [0.15, 0.2) is 12.3 Å². The van der Waals surface area contributed by atoms with Gasteiger partial charge in [-0.1, -0.05) is 57.5 Å². The van der Waals surface area contributed by atoms with Gasteiger partial charge in [-0.05, 0) is 24.3 Å². The monoisotopic (exact) mass is 451 g/mol. The number of hydrogen-bond acceptors (Lipinski definition) is 6. The zero-order chi connectivity index (χ0) is 20.4. The molecule has 0 fully saturated rings. The second-order valence-electron chi connectivity index (χ2n) is 5.60. The maximum Gasteiger partial charge on any atom is 0.338 e. The van der Waals surface area contributed by atoms with E-state index >= 15 is 0 Å². The van der Waals surface area contributed by atoms with Crippen LogP contribution in [0.2, 0.25) is 0 Å². The Hall–Kier alpha value is -2.74. The summed E-state index contributed by atoms with van der Waals surface area (Å²) in [6.07, 6.45) is -2.21. The van der Waals surface area contributed by atoms with Gasteiger partial charge in [0.1, 0.15) is 13.7 Å². The van der Waals surface area contributed by atoms with Gasteiger partial charge < -0.3 is 14.3 Å². The minimum Gasteiger partial charge on any atom is -0.461 e. The SMILES string of the molecule is CON=C[C@@H](F)[C@H](OC(=O)c1ccccc1)[C@@H](Br)COC(=O)c1ccccc1. The van der Waals surface area contributed by atoms with Crippen molar-refractivity contribution < 1.29 is 28.3 Å². The minimum absolute atomic E-state index is 0.221. The van der Waals surface area contributed by atoms with Crippen molar-refractivity contribution in [2.24, 2.45) is 5.16 Å². The number of nitrogens with zero attached hydrogens (tertiary/aromatic N) is 1. The van der Waals surface area contributed by atoms with E-state index in [-0.39, 0.29) is 12.2 Å². The van der Waals surface area contributed by atoms with Crippen molar-refractivity contribution in [1.29, 1.82) is 0 Å². The van der Waals surface area contributed by atoms with Crippen LogP contribution in [0, 0.1) is 0 Å². The smallest absolute Gasteiger partial charge is 0.338 e. The topological polar surface area (TPSA) is 74.2 Å². The summed E-state index contributed by atoms with van der Waals surface area (Å²) in [7, 11) is 1.27. The molecule has 2 aromatic carbocycles. The first-order valence-electron chi connectivity index (χ1n) is 8.36. The highest BCUT2D eigenvalue weighted by Crippen LogP contribution is 2.19. The molecule has 2 rings (SSSR count). The van der Waals surface area contributed by atoms with E-state index < -0.39 is 29.0 Å². The lowest BCUT2D eigenvalue weighted by Crippen LogP contribution is -2.39. The highest BCUT2D eigenvalue weighted by atomic mass is 79.9. The number of halogens is 2. The standard InChI is InChI=1S/C20H19BrFNO5/c1-26-23-12-17(22)18(28-20(25)15-10-6-3-7-11-15)16(21)13-27-19(24)14-8-4-2-5-9-14/h2-12,16-18H,13H2,1H3/t16-,17+,18+/m0/s1. The van der Waals surface area contributed by atoms with Crippen LogP contribution in [-0.2, 0) is 14.3 Å². The third-order valence-corrected chi connectivity index (χ3v) is 4.40. The predicted octanol–water partition coefficient (Wildman–Crippen LogP) is 3.80. The quantitative estimate of drug-likeness (QED) is 0.251. The molecule has 28 heavy (non-hydrogen) atoms. The molecule has 0 spiro atoms. The number of hydrogen-bond donors (Lipinski definition) is 0. The lowest BCUT2D eigenvalue weighted by Gasteiger charge is -2.24. The Bertz CT molecular complexity index is 788. The number of rotatable bonds is 9. The van der Waals surface area contributed by atoms with Crippen molar-refractivity contribution >= 4 is 34.1 Å². The summed E-state index contributed by atoms with van der Waals surface area (Å²) < 4.78 is 25.0. The molecule has 3 atom stereocenters. The van der Waals surface area contributed by atoms with E-state index in [0.717, 1.165) is 6.21 Å². The molecule has 0 saturated heterocycles. The molecule has 0 unspecified atom stereocenters. The first-order valence-corrected chi connectivity index (χ1v) is 9.27. The molecule has 0 aliphatic rings. The summed E-state index contributed by atoms with van der Waals surface area (Å²) in [5, 5.41) is 3.38. The third kappa shape index (κ3) is 6.45. The fourth-order valence-corrected chi connectivity index (χ4v) is 2.75. The molecule has 0 saturated carbocycles. The molecule has 148 valence electrons. The molecule has 0 radical (unpaired) electrons. The minimum atomic E-state index is -1.78. The maximum absolute atomic E-state index is 14.6. The number of esters is 2. The van der Waals surface area contributed by atoms with E-state index in [0.29, 0.717) is 5.56 Å². The van der Waals surface area contributed by atoms with Crippen LogP contribution < -0.4 is 0 Å². The number of oxime groups is 1. The molecular formula is C20H19BrFNO5. The van der Waals surface area contributed by atoms with E-state index in [1.165, 1.54) is 7.11 Å². The van der Waals surface area contributed by atoms with Crippen molar-refractivity contribution in [3.63, 3.8) is 0 Å². The van der Waals surface area contributed by atoms with Crippen LogP contribution in [-0.4, -0.2) is 49.0 Å². The predicted molar refractivity (Wildman–Crippen MR) is 105 cm³/mol. The number of benzene rings is 2. The molecule has 0 aliphatic heterocycles. The van der Waals surface area contributed by atoms with Gasteiger partial charge in [-0.3, -0.25) is 0 Å². The molecule has 0 aliphatic carbocycles. The molecule has 0 amide bonds. The highest BCUT2D eigenvalue weighted by molar-refractivity contribution is 9.09. The van der Waals surface area contributed by atoms with Gasteiger partial charge in [-0.2, -0.15) is 0 Å². The van der Waals surface area contributed by atoms with Crippen molar-refractivity contribution in [3.05, 3.63) is 71.8 Å². The van der Waals surface area contributed by atoms with Gasteiger partial charge in [0.25, 0.3) is 0 Å². The summed E-state index contributed by atoms with van der Waals surface area (Å²) in [6, 6.07) is 16.5. The Morgan fingerprint density at radius 2 is 1.57 bits per heavy atom. The molecule has 0 bridgehead atoms. The van der Waals surface area contributed by atoms with Crippen LogP contribution in [0.4, 0.5) is 4.39 Å². The highest BCUT2D eigenvalue weighted by Gasteiger charge is 2.32. The van der Waals surface area contributed by atoms with Crippen molar-refractivity contribution in [2.45, 2.75) is 17.1 Å². The van der Waals surface area contributed by atoms with E-state index in [1.807, 2.05) is 0 Å². The number of ether oxygens (including phenoxy) is 2. The summed E-state index contributed by atoms with van der Waals surface area (Å²) in [4.78, 5) is 28.0. The lowest BCUT2D eigenvalue weighted by atomic mass is 10.1. The van der Waals surface area contributed by atoms with Crippen LogP contribution in [0.15, 0.2) is 65.8 Å². The fourth-order valence-electron chi connectivity index (χ4n) is 2.22. The fraction of sp³-hybridized carbons (Fsp3) is 0.250. The summed E-state index contributed by atoms with van der Waals surface area (Å²) >= 11 is 3.24. The van der Waals surface area contributed by atoms with Gasteiger partial charge in [-0.25, -0.2) is 14.0 Å². The Kier molecular flexibility index (Phi) is 8.61. The molecule has 0 aromatic heterocycles. The number of carbonyl (C=O) groups excluding carboxylic acids is 2. The Morgan fingerprint density at radius 1 is 1.04 bits per heavy atom. The van der Waals surface area contributed by atoms with E-state index in [1.54, 1.807) is 60.7 Å². The zero-order valence-electron chi connectivity index (χ0n) is 15.0. The maximum atomic E-state index is 14.6. The average Bonchev–Trinajstić information content (AvgIpc) is 2.74. The van der Waals surface area contributed by atoms with E-state index in [4.69, 9.17) is 9.47 Å². The largest absolute Gasteiger partial charge is 0.461 e. The van der Waals surface area contributed by atoms with Gasteiger partial charge in [0.05, 0.1) is 22.2 Å². The Morgan fingerprint density at radius 3 is 2.11 bits per heavy atom. The normalized spacial score (nSPS) is 14.1. The van der Waals surface area contributed by atoms with Crippen LogP contribution in [0.25, 0.3) is 0 Å². The second-order valence-corrected chi connectivity index (χ2v) is 6.77. The molecule has 2 aromatic rings. The van der Waals surface area contributed by atoms with Crippen LogP contribution in [0.1, 0.15) is 20.7 Å². The zero-order valence-corrected chi connectivity index (χ0v) is 16.6. The second kappa shape index (κ2) is 11.2. The Balaban J connectivity index is 2.05. The van der Waals surface area contributed by atoms with Gasteiger partial charge in [-0.15, -0.1) is 0 Å². The van der Waals surface area contributed by atoms with Gasteiger partial charge in [0.2, 0.25) is 0 Å².